The Hall–Kier alpha value is -1.49. The summed E-state index contributed by atoms with van der Waals surface area (Å²) in [5.74, 6) is -2.01. The topological polar surface area (TPSA) is 104 Å². The minimum atomic E-state index is -1.47. The molecular formula is C17H28N2O7S. The summed E-state index contributed by atoms with van der Waals surface area (Å²) < 4.78 is 27.9. The third-order valence-electron chi connectivity index (χ3n) is 4.24. The molecule has 2 saturated heterocycles. The zero-order valence-corrected chi connectivity index (χ0v) is 17.1. The fourth-order valence-electron chi connectivity index (χ4n) is 3.12. The minimum Gasteiger partial charge on any atom is -0.469 e. The predicted molar refractivity (Wildman–Crippen MR) is 98.5 cm³/mol. The molecule has 0 aromatic carbocycles. The minimum absolute atomic E-state index is 0.253. The van der Waals surface area contributed by atoms with Crippen LogP contribution in [0.1, 0.15) is 47.0 Å². The Bertz CT molecular complexity index is 586. The van der Waals surface area contributed by atoms with Crippen molar-refractivity contribution < 1.29 is 33.3 Å². The number of hydrogen-bond acceptors (Lipinski definition) is 8. The second-order valence-corrected chi connectivity index (χ2v) is 7.40. The number of thiocarbonyl (C=S) groups is 1. The van der Waals surface area contributed by atoms with Gasteiger partial charge in [-0.25, -0.2) is 0 Å². The van der Waals surface area contributed by atoms with E-state index in [1.165, 1.54) is 14.0 Å². The van der Waals surface area contributed by atoms with E-state index in [9.17, 15) is 9.59 Å². The summed E-state index contributed by atoms with van der Waals surface area (Å²) in [6.07, 6.45) is -0.856. The molecule has 2 rings (SSSR count). The molecule has 10 heteroatoms. The van der Waals surface area contributed by atoms with Crippen molar-refractivity contribution in [3.8, 4) is 0 Å². The lowest BCUT2D eigenvalue weighted by Crippen LogP contribution is -2.61. The van der Waals surface area contributed by atoms with E-state index in [-0.39, 0.29) is 11.5 Å². The van der Waals surface area contributed by atoms with E-state index in [1.54, 1.807) is 13.8 Å². The molecule has 0 spiro atoms. The van der Waals surface area contributed by atoms with Gasteiger partial charge in [0, 0.05) is 13.5 Å². The number of rotatable bonds is 7. The van der Waals surface area contributed by atoms with Gasteiger partial charge in [-0.3, -0.25) is 9.59 Å². The van der Waals surface area contributed by atoms with Gasteiger partial charge < -0.3 is 34.3 Å². The van der Waals surface area contributed by atoms with Crippen molar-refractivity contribution in [2.45, 2.75) is 77.0 Å². The third-order valence-corrected chi connectivity index (χ3v) is 4.49. The van der Waals surface area contributed by atoms with Crippen LogP contribution in [0.2, 0.25) is 0 Å². The van der Waals surface area contributed by atoms with Crippen molar-refractivity contribution in [2.75, 3.05) is 13.7 Å². The molecule has 2 heterocycles. The number of hydrogen-bond donors (Lipinski definition) is 2. The highest BCUT2D eigenvalue weighted by molar-refractivity contribution is 7.80. The van der Waals surface area contributed by atoms with Gasteiger partial charge in [0.1, 0.15) is 0 Å². The van der Waals surface area contributed by atoms with Crippen LogP contribution in [0, 0.1) is 0 Å². The monoisotopic (exact) mass is 404 g/mol. The molecular weight excluding hydrogens is 376 g/mol. The fraction of sp³-hybridized carbons (Fsp3) is 0.824. The second-order valence-electron chi connectivity index (χ2n) is 6.99. The average Bonchev–Trinajstić information content (AvgIpc) is 2.97. The molecule has 0 radical (unpaired) electrons. The Kier molecular flexibility index (Phi) is 7.01. The Morgan fingerprint density at radius 2 is 1.93 bits per heavy atom. The number of nitrogens with one attached hydrogen (secondary N) is 2. The second kappa shape index (κ2) is 8.68. The van der Waals surface area contributed by atoms with E-state index in [4.69, 9.17) is 35.9 Å². The van der Waals surface area contributed by atoms with Gasteiger partial charge in [-0.2, -0.15) is 0 Å². The summed E-state index contributed by atoms with van der Waals surface area (Å²) in [6.45, 7) is 7.44. The lowest BCUT2D eigenvalue weighted by atomic mass is 10.0. The van der Waals surface area contributed by atoms with Gasteiger partial charge >= 0.3 is 11.9 Å². The van der Waals surface area contributed by atoms with Crippen LogP contribution in [-0.4, -0.2) is 60.7 Å². The third kappa shape index (κ3) is 5.28. The molecule has 27 heavy (non-hydrogen) atoms. The van der Waals surface area contributed by atoms with E-state index < -0.39 is 41.9 Å². The van der Waals surface area contributed by atoms with E-state index in [0.717, 1.165) is 12.8 Å². The number of esters is 2. The Balaban J connectivity index is 2.27. The van der Waals surface area contributed by atoms with Crippen LogP contribution in [0.15, 0.2) is 0 Å². The zero-order chi connectivity index (χ0) is 20.2. The standard InChI is InChI=1S/C17H28N2O7S/c1-6-7-8-18-15(27)19-17(9-11(21)22-5)13(23-10(2)20)12-14(26-17)25-16(3,4)24-12/h12-14H,6-9H2,1-5H3,(H2,18,19,27)/t12-,13-,14+,17+/m1/s1. The highest BCUT2D eigenvalue weighted by Gasteiger charge is 2.65. The fourth-order valence-corrected chi connectivity index (χ4v) is 3.40. The quantitative estimate of drug-likeness (QED) is 0.362. The molecule has 154 valence electrons. The largest absolute Gasteiger partial charge is 0.469 e. The first-order valence-electron chi connectivity index (χ1n) is 8.96. The maximum atomic E-state index is 12.1. The number of ether oxygens (including phenoxy) is 5. The van der Waals surface area contributed by atoms with Crippen LogP contribution >= 0.6 is 12.2 Å². The molecule has 2 aliphatic rings. The van der Waals surface area contributed by atoms with Gasteiger partial charge in [0.2, 0.25) is 0 Å². The molecule has 2 aliphatic heterocycles. The first kappa shape index (κ1) is 21.8. The summed E-state index contributed by atoms with van der Waals surface area (Å²) in [7, 11) is 1.26. The summed E-state index contributed by atoms with van der Waals surface area (Å²) in [4.78, 5) is 23.8. The number of carbonyl (C=O) groups excluding carboxylic acids is 2. The van der Waals surface area contributed by atoms with E-state index in [0.29, 0.717) is 6.54 Å². The molecule has 2 N–H and O–H groups in total. The predicted octanol–water partition coefficient (Wildman–Crippen LogP) is 0.950. The number of carbonyl (C=O) groups is 2. The normalized spacial score (nSPS) is 31.1. The Morgan fingerprint density at radius 1 is 1.22 bits per heavy atom. The van der Waals surface area contributed by atoms with Crippen molar-refractivity contribution in [3.63, 3.8) is 0 Å². The van der Waals surface area contributed by atoms with Crippen LogP contribution in [0.25, 0.3) is 0 Å². The summed E-state index contributed by atoms with van der Waals surface area (Å²) in [5, 5.41) is 6.30. The molecule has 0 aliphatic carbocycles. The first-order chi connectivity index (χ1) is 12.6. The molecule has 2 fully saturated rings. The Morgan fingerprint density at radius 3 is 2.52 bits per heavy atom. The smallest absolute Gasteiger partial charge is 0.310 e. The van der Waals surface area contributed by atoms with E-state index >= 15 is 0 Å². The maximum absolute atomic E-state index is 12.1. The molecule has 0 saturated carbocycles. The molecule has 0 amide bonds. The average molecular weight is 404 g/mol. The SMILES string of the molecule is CCCCNC(=S)N[C@@]1(CC(=O)OC)O[C@@H]2OC(C)(C)O[C@@H]2[C@H]1OC(C)=O. The maximum Gasteiger partial charge on any atom is 0.310 e. The number of unbranched alkanes of at least 4 members (excludes halogenated alkanes) is 1. The van der Waals surface area contributed by atoms with Gasteiger partial charge in [-0.15, -0.1) is 0 Å². The molecule has 9 nitrogen and oxygen atoms in total. The van der Waals surface area contributed by atoms with Crippen molar-refractivity contribution in [3.05, 3.63) is 0 Å². The van der Waals surface area contributed by atoms with Crippen LogP contribution in [0.5, 0.6) is 0 Å². The highest BCUT2D eigenvalue weighted by Crippen LogP contribution is 2.44. The van der Waals surface area contributed by atoms with Gasteiger partial charge in [0.25, 0.3) is 0 Å². The van der Waals surface area contributed by atoms with Crippen molar-refractivity contribution in [1.82, 2.24) is 10.6 Å². The van der Waals surface area contributed by atoms with Crippen molar-refractivity contribution in [1.29, 1.82) is 0 Å². The Labute approximate surface area is 164 Å². The van der Waals surface area contributed by atoms with Crippen LogP contribution < -0.4 is 10.6 Å². The molecule has 0 bridgehead atoms. The van der Waals surface area contributed by atoms with Crippen molar-refractivity contribution >= 4 is 29.3 Å². The van der Waals surface area contributed by atoms with Crippen molar-refractivity contribution in [2.24, 2.45) is 0 Å². The van der Waals surface area contributed by atoms with Gasteiger partial charge in [0.05, 0.1) is 13.5 Å². The summed E-state index contributed by atoms with van der Waals surface area (Å²) in [5.41, 5.74) is -1.47. The lowest BCUT2D eigenvalue weighted by Gasteiger charge is -2.36. The lowest BCUT2D eigenvalue weighted by molar-refractivity contribution is -0.247. The van der Waals surface area contributed by atoms with Crippen LogP contribution in [0.4, 0.5) is 0 Å². The number of fused-ring (bicyclic) bond motifs is 1. The molecule has 0 aromatic heterocycles. The van der Waals surface area contributed by atoms with E-state index in [1.807, 2.05) is 0 Å². The van der Waals surface area contributed by atoms with E-state index in [2.05, 4.69) is 17.6 Å². The molecule has 0 unspecified atom stereocenters. The zero-order valence-electron chi connectivity index (χ0n) is 16.3. The highest BCUT2D eigenvalue weighted by atomic mass is 32.1. The summed E-state index contributed by atoms with van der Waals surface area (Å²) in [6, 6.07) is 0. The van der Waals surface area contributed by atoms with Crippen LogP contribution in [0.3, 0.4) is 0 Å². The molecule has 4 atom stereocenters. The van der Waals surface area contributed by atoms with Crippen LogP contribution in [-0.2, 0) is 33.3 Å². The first-order valence-corrected chi connectivity index (χ1v) is 9.37. The van der Waals surface area contributed by atoms with Gasteiger partial charge in [0.15, 0.2) is 35.1 Å². The van der Waals surface area contributed by atoms with Gasteiger partial charge in [-0.05, 0) is 32.5 Å². The summed E-state index contributed by atoms with van der Waals surface area (Å²) >= 11 is 5.33. The van der Waals surface area contributed by atoms with Gasteiger partial charge in [-0.1, -0.05) is 13.3 Å². The number of methoxy groups -OCH3 is 1. The molecule has 0 aromatic rings.